The molecule has 20 heavy (non-hydrogen) atoms. The van der Waals surface area contributed by atoms with Crippen molar-refractivity contribution in [3.63, 3.8) is 0 Å². The summed E-state index contributed by atoms with van der Waals surface area (Å²) in [7, 11) is 0. The van der Waals surface area contributed by atoms with Gasteiger partial charge in [0.25, 0.3) is 0 Å². The van der Waals surface area contributed by atoms with Gasteiger partial charge in [-0.2, -0.15) is 0 Å². The summed E-state index contributed by atoms with van der Waals surface area (Å²) in [6.07, 6.45) is 2.61. The molecule has 0 aliphatic heterocycles. The Morgan fingerprint density at radius 2 is 1.55 bits per heavy atom. The van der Waals surface area contributed by atoms with Crippen LogP contribution in [0.2, 0.25) is 0 Å². The highest BCUT2D eigenvalue weighted by molar-refractivity contribution is 5.83. The van der Waals surface area contributed by atoms with E-state index in [1.54, 1.807) is 0 Å². The van der Waals surface area contributed by atoms with Crippen molar-refractivity contribution in [3.05, 3.63) is 0 Å². The first-order valence-corrected chi connectivity index (χ1v) is 7.48. The number of rotatable bonds is 11. The lowest BCUT2D eigenvalue weighted by Gasteiger charge is -2.16. The molecule has 0 amide bonds. The zero-order valence-corrected chi connectivity index (χ0v) is 13.7. The molecule has 0 aromatic heterocycles. The van der Waals surface area contributed by atoms with Gasteiger partial charge in [-0.1, -0.05) is 20.8 Å². The second-order valence-electron chi connectivity index (χ2n) is 6.39. The Labute approximate surface area is 123 Å². The lowest BCUT2D eigenvalue weighted by Crippen LogP contribution is -2.20. The van der Waals surface area contributed by atoms with E-state index >= 15 is 0 Å². The Kier molecular flexibility index (Phi) is 9.68. The molecule has 0 N–H and O–H groups in total. The number of hydrogen-bond acceptors (Lipinski definition) is 4. The summed E-state index contributed by atoms with van der Waals surface area (Å²) in [4.78, 5) is 23.1. The highest BCUT2D eigenvalue weighted by atomic mass is 16.5. The molecule has 0 radical (unpaired) electrons. The van der Waals surface area contributed by atoms with Gasteiger partial charge in [-0.3, -0.25) is 9.59 Å². The van der Waals surface area contributed by atoms with Gasteiger partial charge in [0.2, 0.25) is 0 Å². The van der Waals surface area contributed by atoms with Crippen LogP contribution in [0.1, 0.15) is 60.3 Å². The summed E-state index contributed by atoms with van der Waals surface area (Å²) in [6, 6.07) is 0. The molecular formula is C16H30O4. The summed E-state index contributed by atoms with van der Waals surface area (Å²) in [5.41, 5.74) is -0.261. The van der Waals surface area contributed by atoms with Crippen molar-refractivity contribution in [1.82, 2.24) is 0 Å². The predicted octanol–water partition coefficient (Wildman–Crippen LogP) is 3.17. The second-order valence-corrected chi connectivity index (χ2v) is 6.39. The molecule has 0 saturated carbocycles. The van der Waals surface area contributed by atoms with Gasteiger partial charge in [-0.05, 0) is 26.7 Å². The molecule has 0 saturated heterocycles. The van der Waals surface area contributed by atoms with E-state index in [4.69, 9.17) is 9.47 Å². The van der Waals surface area contributed by atoms with E-state index in [2.05, 4.69) is 0 Å². The Balaban J connectivity index is 3.41. The second kappa shape index (κ2) is 10.1. The van der Waals surface area contributed by atoms with Crippen molar-refractivity contribution in [2.45, 2.75) is 66.4 Å². The molecule has 0 heterocycles. The fourth-order valence-electron chi connectivity index (χ4n) is 1.52. The number of carbonyl (C=O) groups excluding carboxylic acids is 2. The molecular weight excluding hydrogens is 256 g/mol. The zero-order chi connectivity index (χ0) is 15.6. The Hall–Kier alpha value is -0.740. The Morgan fingerprint density at radius 3 is 2.05 bits per heavy atom. The van der Waals surface area contributed by atoms with Gasteiger partial charge in [0, 0.05) is 31.5 Å². The maximum absolute atomic E-state index is 11.7. The number of carbonyl (C=O) groups is 2. The highest BCUT2D eigenvalue weighted by Crippen LogP contribution is 2.17. The molecule has 4 heteroatoms. The third-order valence-corrected chi connectivity index (χ3v) is 2.85. The molecule has 0 unspecified atom stereocenters. The number of ether oxygens (including phenoxy) is 2. The average Bonchev–Trinajstić information content (AvgIpc) is 2.33. The normalized spacial score (nSPS) is 11.9. The molecule has 0 spiro atoms. The van der Waals surface area contributed by atoms with Gasteiger partial charge in [0.1, 0.15) is 12.4 Å². The van der Waals surface area contributed by atoms with E-state index in [1.165, 1.54) is 0 Å². The van der Waals surface area contributed by atoms with E-state index < -0.39 is 0 Å². The van der Waals surface area contributed by atoms with E-state index in [9.17, 15) is 9.59 Å². The molecule has 4 nitrogen and oxygen atoms in total. The quantitative estimate of drug-likeness (QED) is 0.547. The molecule has 0 bridgehead atoms. The van der Waals surface area contributed by atoms with Gasteiger partial charge in [0.15, 0.2) is 5.78 Å². The summed E-state index contributed by atoms with van der Waals surface area (Å²) < 4.78 is 10.7. The minimum atomic E-state index is -0.261. The fourth-order valence-corrected chi connectivity index (χ4v) is 1.52. The van der Waals surface area contributed by atoms with Crippen LogP contribution in [0.4, 0.5) is 0 Å². The lowest BCUT2D eigenvalue weighted by atomic mass is 9.88. The van der Waals surface area contributed by atoms with Crippen LogP contribution in [0.15, 0.2) is 0 Å². The molecule has 118 valence electrons. The van der Waals surface area contributed by atoms with Crippen LogP contribution in [-0.4, -0.2) is 37.5 Å². The first-order chi connectivity index (χ1) is 9.23. The van der Waals surface area contributed by atoms with Crippen molar-refractivity contribution in [2.75, 3.05) is 19.8 Å². The van der Waals surface area contributed by atoms with E-state index in [0.29, 0.717) is 32.5 Å². The maximum atomic E-state index is 11.7. The third-order valence-electron chi connectivity index (χ3n) is 2.85. The van der Waals surface area contributed by atoms with Crippen LogP contribution in [0, 0.1) is 5.41 Å². The lowest BCUT2D eigenvalue weighted by molar-refractivity contribution is -0.126. The first-order valence-electron chi connectivity index (χ1n) is 7.48. The van der Waals surface area contributed by atoms with E-state index in [-0.39, 0.29) is 29.7 Å². The number of hydrogen-bond donors (Lipinski definition) is 0. The Morgan fingerprint density at radius 1 is 1.00 bits per heavy atom. The predicted molar refractivity (Wildman–Crippen MR) is 79.8 cm³/mol. The Bertz CT molecular complexity index is 289. The first kappa shape index (κ1) is 19.3. The van der Waals surface area contributed by atoms with Gasteiger partial charge < -0.3 is 9.47 Å². The fraction of sp³-hybridized carbons (Fsp3) is 0.875. The molecule has 0 aromatic rings. The van der Waals surface area contributed by atoms with E-state index in [1.807, 2.05) is 34.6 Å². The summed E-state index contributed by atoms with van der Waals surface area (Å²) in [5, 5.41) is 0. The van der Waals surface area contributed by atoms with Gasteiger partial charge in [-0.15, -0.1) is 0 Å². The standard InChI is InChI=1S/C16H30O4/c1-13(2)20-12-14(17)8-6-10-19-11-7-9-15(18)16(3,4)5/h13H,6-12H2,1-5H3. The zero-order valence-electron chi connectivity index (χ0n) is 13.7. The van der Waals surface area contributed by atoms with Crippen molar-refractivity contribution in [1.29, 1.82) is 0 Å². The molecule has 0 fully saturated rings. The van der Waals surface area contributed by atoms with Crippen LogP contribution < -0.4 is 0 Å². The summed E-state index contributed by atoms with van der Waals surface area (Å²) >= 11 is 0. The van der Waals surface area contributed by atoms with Crippen LogP contribution in [0.5, 0.6) is 0 Å². The van der Waals surface area contributed by atoms with Crippen molar-refractivity contribution < 1.29 is 19.1 Å². The van der Waals surface area contributed by atoms with Gasteiger partial charge >= 0.3 is 0 Å². The largest absolute Gasteiger partial charge is 0.381 e. The smallest absolute Gasteiger partial charge is 0.158 e. The number of Topliss-reactive ketones (excluding diaryl/α,β-unsaturated/α-hetero) is 2. The minimum Gasteiger partial charge on any atom is -0.381 e. The molecule has 0 atom stereocenters. The summed E-state index contributed by atoms with van der Waals surface area (Å²) in [5.74, 6) is 0.382. The van der Waals surface area contributed by atoms with Crippen LogP contribution >= 0.6 is 0 Å². The van der Waals surface area contributed by atoms with E-state index in [0.717, 1.165) is 6.42 Å². The summed E-state index contributed by atoms with van der Waals surface area (Å²) in [6.45, 7) is 11.0. The molecule has 0 aromatic carbocycles. The van der Waals surface area contributed by atoms with Crippen molar-refractivity contribution in [2.24, 2.45) is 5.41 Å². The van der Waals surface area contributed by atoms with Gasteiger partial charge in [0.05, 0.1) is 6.10 Å². The molecule has 0 aliphatic carbocycles. The SMILES string of the molecule is CC(C)OCC(=O)CCCOCCCC(=O)C(C)(C)C. The van der Waals surface area contributed by atoms with Crippen LogP contribution in [0.25, 0.3) is 0 Å². The van der Waals surface area contributed by atoms with Gasteiger partial charge in [-0.25, -0.2) is 0 Å². The monoisotopic (exact) mass is 286 g/mol. The highest BCUT2D eigenvalue weighted by Gasteiger charge is 2.19. The van der Waals surface area contributed by atoms with Crippen LogP contribution in [-0.2, 0) is 19.1 Å². The van der Waals surface area contributed by atoms with Crippen LogP contribution in [0.3, 0.4) is 0 Å². The molecule has 0 aliphatic rings. The molecule has 0 rings (SSSR count). The maximum Gasteiger partial charge on any atom is 0.158 e. The minimum absolute atomic E-state index is 0.0931. The van der Waals surface area contributed by atoms with Crippen molar-refractivity contribution >= 4 is 11.6 Å². The third kappa shape index (κ3) is 11.1. The number of ketones is 2. The van der Waals surface area contributed by atoms with Crippen molar-refractivity contribution in [3.8, 4) is 0 Å². The average molecular weight is 286 g/mol. The topological polar surface area (TPSA) is 52.6 Å².